The van der Waals surface area contributed by atoms with Gasteiger partial charge in [-0.2, -0.15) is 0 Å². The summed E-state index contributed by atoms with van der Waals surface area (Å²) >= 11 is 0. The number of carbonyl (C=O) groups excluding carboxylic acids is 3. The molecule has 3 rings (SSSR count). The van der Waals surface area contributed by atoms with Gasteiger partial charge in [0.1, 0.15) is 11.8 Å². The van der Waals surface area contributed by atoms with E-state index in [1.807, 2.05) is 0 Å². The van der Waals surface area contributed by atoms with E-state index >= 15 is 0 Å². The van der Waals surface area contributed by atoms with Gasteiger partial charge in [0.25, 0.3) is 0 Å². The summed E-state index contributed by atoms with van der Waals surface area (Å²) in [6, 6.07) is 6.36. The number of nitrogens with one attached hydrogen (secondary N) is 2. The number of amides is 3. The molecule has 1 unspecified atom stereocenters. The zero-order valence-electron chi connectivity index (χ0n) is 20.0. The van der Waals surface area contributed by atoms with Crippen LogP contribution in [0, 0.1) is 5.92 Å². The van der Waals surface area contributed by atoms with Crippen LogP contribution in [0.25, 0.3) is 0 Å². The molecule has 3 atom stereocenters. The highest BCUT2D eigenvalue weighted by Gasteiger charge is 2.41. The Morgan fingerprint density at radius 2 is 1.76 bits per heavy atom. The highest BCUT2D eigenvalue weighted by Crippen LogP contribution is 2.33. The lowest BCUT2D eigenvalue weighted by Crippen LogP contribution is -2.56. The molecule has 2 aliphatic rings. The van der Waals surface area contributed by atoms with E-state index < -0.39 is 23.8 Å². The molecule has 1 saturated carbocycles. The van der Waals surface area contributed by atoms with Gasteiger partial charge in [0.2, 0.25) is 17.7 Å². The molecule has 0 spiro atoms. The third kappa shape index (κ3) is 6.07. The summed E-state index contributed by atoms with van der Waals surface area (Å²) in [7, 11) is 1.55. The smallest absolute Gasteiger partial charge is 0.247 e. The first-order valence-corrected chi connectivity index (χ1v) is 12.3. The second kappa shape index (κ2) is 12.2. The van der Waals surface area contributed by atoms with Crippen LogP contribution in [0.3, 0.4) is 0 Å². The summed E-state index contributed by atoms with van der Waals surface area (Å²) in [5.41, 5.74) is 2.34. The Balaban J connectivity index is 1.85. The number of rotatable bonds is 8. The molecule has 1 aliphatic heterocycles. The van der Waals surface area contributed by atoms with Crippen LogP contribution in [0.15, 0.2) is 24.3 Å². The number of aliphatic hydroxyl groups is 1. The summed E-state index contributed by atoms with van der Waals surface area (Å²) in [4.78, 5) is 41.3. The van der Waals surface area contributed by atoms with Gasteiger partial charge in [0, 0.05) is 12.6 Å². The van der Waals surface area contributed by atoms with Crippen molar-refractivity contribution in [1.29, 1.82) is 0 Å². The molecule has 3 amide bonds. The standard InChI is InChI=1S/C25H37N3O6/c1-3-20(23(30)27-33)22(16-7-13-19(34-2)14-8-16)25(32)28-15-5-4-6-21(28)24(31)26-17-9-11-18(29)12-10-17/h7-8,13-14,17-18,20-22,29,33H,3-6,9-12,15H2,1-2H3,(H,26,31)(H,27,30)/t17?,18?,20-,21?,22+/m0/s1. The highest BCUT2D eigenvalue weighted by molar-refractivity contribution is 5.94. The molecule has 4 N–H and O–H groups in total. The summed E-state index contributed by atoms with van der Waals surface area (Å²) in [5, 5.41) is 22.1. The molecule has 1 heterocycles. The van der Waals surface area contributed by atoms with Gasteiger partial charge >= 0.3 is 0 Å². The predicted molar refractivity (Wildman–Crippen MR) is 125 cm³/mol. The van der Waals surface area contributed by atoms with Crippen molar-refractivity contribution in [3.05, 3.63) is 29.8 Å². The molecule has 1 aliphatic carbocycles. The maximum absolute atomic E-state index is 13.9. The molecule has 1 saturated heterocycles. The van der Waals surface area contributed by atoms with Crippen molar-refractivity contribution in [3.63, 3.8) is 0 Å². The Morgan fingerprint density at radius 1 is 1.09 bits per heavy atom. The number of aliphatic hydroxyl groups excluding tert-OH is 1. The minimum atomic E-state index is -0.846. The van der Waals surface area contributed by atoms with Crippen LogP contribution in [0.5, 0.6) is 5.75 Å². The molecule has 1 aromatic carbocycles. The molecular weight excluding hydrogens is 438 g/mol. The first-order valence-electron chi connectivity index (χ1n) is 12.3. The lowest BCUT2D eigenvalue weighted by atomic mass is 9.81. The largest absolute Gasteiger partial charge is 0.497 e. The monoisotopic (exact) mass is 475 g/mol. The Morgan fingerprint density at radius 3 is 2.35 bits per heavy atom. The van der Waals surface area contributed by atoms with Gasteiger partial charge in [-0.05, 0) is 69.1 Å². The number of ether oxygens (including phenoxy) is 1. The Bertz CT molecular complexity index is 838. The zero-order chi connectivity index (χ0) is 24.7. The minimum absolute atomic E-state index is 0.00396. The van der Waals surface area contributed by atoms with E-state index in [-0.39, 0.29) is 24.0 Å². The van der Waals surface area contributed by atoms with Gasteiger partial charge in [-0.15, -0.1) is 0 Å². The minimum Gasteiger partial charge on any atom is -0.497 e. The maximum atomic E-state index is 13.9. The second-order valence-electron chi connectivity index (χ2n) is 9.30. The van der Waals surface area contributed by atoms with Crippen LogP contribution in [0.4, 0.5) is 0 Å². The van der Waals surface area contributed by atoms with Crippen molar-refractivity contribution >= 4 is 17.7 Å². The lowest BCUT2D eigenvalue weighted by molar-refractivity contribution is -0.147. The van der Waals surface area contributed by atoms with Crippen molar-refractivity contribution in [1.82, 2.24) is 15.7 Å². The number of benzene rings is 1. The van der Waals surface area contributed by atoms with Crippen LogP contribution in [-0.4, -0.2) is 64.8 Å². The first-order chi connectivity index (χ1) is 16.4. The molecular formula is C25H37N3O6. The summed E-state index contributed by atoms with van der Waals surface area (Å²) in [5.74, 6) is -2.11. The number of hydrogen-bond donors (Lipinski definition) is 4. The van der Waals surface area contributed by atoms with Crippen molar-refractivity contribution < 1.29 is 29.4 Å². The van der Waals surface area contributed by atoms with E-state index in [0.717, 1.165) is 25.7 Å². The second-order valence-corrected chi connectivity index (χ2v) is 9.30. The van der Waals surface area contributed by atoms with Crippen molar-refractivity contribution in [2.75, 3.05) is 13.7 Å². The van der Waals surface area contributed by atoms with E-state index in [2.05, 4.69) is 5.32 Å². The van der Waals surface area contributed by atoms with Gasteiger partial charge in [-0.3, -0.25) is 19.6 Å². The van der Waals surface area contributed by atoms with Crippen LogP contribution in [-0.2, 0) is 14.4 Å². The van der Waals surface area contributed by atoms with E-state index in [4.69, 9.17) is 4.74 Å². The first kappa shape index (κ1) is 26.0. The van der Waals surface area contributed by atoms with Crippen LogP contribution < -0.4 is 15.5 Å². The number of piperidine rings is 1. The summed E-state index contributed by atoms with van der Waals surface area (Å²) in [6.45, 7) is 2.23. The van der Waals surface area contributed by atoms with E-state index in [1.54, 1.807) is 48.7 Å². The lowest BCUT2D eigenvalue weighted by Gasteiger charge is -2.39. The molecule has 0 radical (unpaired) electrons. The Kier molecular flexibility index (Phi) is 9.29. The topological polar surface area (TPSA) is 128 Å². The fourth-order valence-corrected chi connectivity index (χ4v) is 5.18. The molecule has 188 valence electrons. The van der Waals surface area contributed by atoms with Gasteiger partial charge in [0.05, 0.1) is 25.0 Å². The third-order valence-corrected chi connectivity index (χ3v) is 7.16. The number of nitrogens with zero attached hydrogens (tertiary/aromatic N) is 1. The van der Waals surface area contributed by atoms with Gasteiger partial charge in [-0.25, -0.2) is 5.48 Å². The molecule has 34 heavy (non-hydrogen) atoms. The molecule has 9 heteroatoms. The van der Waals surface area contributed by atoms with E-state index in [0.29, 0.717) is 43.5 Å². The zero-order valence-corrected chi connectivity index (χ0v) is 20.0. The SMILES string of the molecule is CC[C@H](C(=O)NO)[C@H](C(=O)N1CCCCC1C(=O)NC1CCC(O)CC1)c1ccc(OC)cc1. The van der Waals surface area contributed by atoms with E-state index in [1.165, 1.54) is 0 Å². The number of methoxy groups -OCH3 is 1. The average molecular weight is 476 g/mol. The van der Waals surface area contributed by atoms with Crippen LogP contribution >= 0.6 is 0 Å². The fraction of sp³-hybridized carbons (Fsp3) is 0.640. The number of likely N-dealkylation sites (tertiary alicyclic amines) is 1. The highest BCUT2D eigenvalue weighted by atomic mass is 16.5. The van der Waals surface area contributed by atoms with Crippen molar-refractivity contribution in [2.24, 2.45) is 5.92 Å². The quantitative estimate of drug-likeness (QED) is 0.337. The molecule has 1 aromatic rings. The number of hydrogen-bond acceptors (Lipinski definition) is 6. The summed E-state index contributed by atoms with van der Waals surface area (Å²) < 4.78 is 5.23. The number of carbonyl (C=O) groups is 3. The van der Waals surface area contributed by atoms with Crippen molar-refractivity contribution in [3.8, 4) is 5.75 Å². The molecule has 0 bridgehead atoms. The number of hydroxylamine groups is 1. The van der Waals surface area contributed by atoms with Gasteiger partial charge < -0.3 is 20.1 Å². The third-order valence-electron chi connectivity index (χ3n) is 7.16. The Labute approximate surface area is 200 Å². The molecule has 9 nitrogen and oxygen atoms in total. The fourth-order valence-electron chi connectivity index (χ4n) is 5.18. The van der Waals surface area contributed by atoms with Gasteiger partial charge in [-0.1, -0.05) is 19.1 Å². The maximum Gasteiger partial charge on any atom is 0.247 e. The van der Waals surface area contributed by atoms with Crippen LogP contribution in [0.1, 0.15) is 69.8 Å². The molecule has 0 aromatic heterocycles. The molecule has 2 fully saturated rings. The van der Waals surface area contributed by atoms with Gasteiger partial charge in [0.15, 0.2) is 0 Å². The van der Waals surface area contributed by atoms with E-state index in [9.17, 15) is 24.7 Å². The Hall–Kier alpha value is -2.65. The average Bonchev–Trinajstić information content (AvgIpc) is 2.87. The van der Waals surface area contributed by atoms with Crippen molar-refractivity contribution in [2.45, 2.75) is 82.4 Å². The predicted octanol–water partition coefficient (Wildman–Crippen LogP) is 2.11. The summed E-state index contributed by atoms with van der Waals surface area (Å²) in [6.07, 6.45) is 4.96. The normalized spacial score (nSPS) is 24.6. The van der Waals surface area contributed by atoms with Crippen LogP contribution in [0.2, 0.25) is 0 Å².